The number of H-pyrrole nitrogens is 1. The molecule has 9 N–H and O–H groups in total. The highest BCUT2D eigenvalue weighted by molar-refractivity contribution is 5.96. The molecular weight excluding hydrogens is 468 g/mol. The summed E-state index contributed by atoms with van der Waals surface area (Å²) in [7, 11) is 0. The molecule has 1 aromatic heterocycles. The zero-order valence-electron chi connectivity index (χ0n) is 20.5. The van der Waals surface area contributed by atoms with Crippen LogP contribution in [0.25, 0.3) is 10.9 Å². The number of fused-ring (bicyclic) bond motifs is 1. The Labute approximate surface area is 208 Å². The number of rotatable bonds is 13. The third kappa shape index (κ3) is 7.54. The number of aromatic amines is 1. The standard InChI is InChI=1S/C24H34N6O6/c1-4-12(2)20(24(35)36)30-23(34)17(9-14-11-27-16-8-6-5-7-15(14)16)29-22(33)18(10-19(26)31)28-21(32)13(3)25/h5-8,11-13,17-18,20,27H,4,9-10,25H2,1-3H3,(H2,26,31)(H,28,32)(H,29,33)(H,30,34)(H,35,36). The second-order valence-corrected chi connectivity index (χ2v) is 8.86. The maximum Gasteiger partial charge on any atom is 0.326 e. The fraction of sp³-hybridized carbons (Fsp3) is 0.458. The molecule has 36 heavy (non-hydrogen) atoms. The van der Waals surface area contributed by atoms with Crippen LogP contribution < -0.4 is 27.4 Å². The molecule has 4 amide bonds. The number of primary amides is 1. The van der Waals surface area contributed by atoms with Crippen molar-refractivity contribution in [2.75, 3.05) is 0 Å². The first kappa shape index (κ1) is 28.3. The molecule has 0 spiro atoms. The summed E-state index contributed by atoms with van der Waals surface area (Å²) in [6.07, 6.45) is 1.69. The number of benzene rings is 1. The third-order valence-electron chi connectivity index (χ3n) is 5.96. The van der Waals surface area contributed by atoms with E-state index in [4.69, 9.17) is 11.5 Å². The van der Waals surface area contributed by atoms with Crippen LogP contribution in [0.2, 0.25) is 0 Å². The van der Waals surface area contributed by atoms with Gasteiger partial charge in [-0.1, -0.05) is 38.5 Å². The van der Waals surface area contributed by atoms with Crippen LogP contribution in [-0.4, -0.2) is 63.9 Å². The Balaban J connectivity index is 2.35. The molecule has 0 fully saturated rings. The van der Waals surface area contributed by atoms with Crippen molar-refractivity contribution in [3.05, 3.63) is 36.0 Å². The van der Waals surface area contributed by atoms with E-state index >= 15 is 0 Å². The van der Waals surface area contributed by atoms with Gasteiger partial charge in [0, 0.05) is 23.5 Å². The average molecular weight is 503 g/mol. The minimum atomic E-state index is -1.37. The van der Waals surface area contributed by atoms with Crippen LogP contribution >= 0.6 is 0 Å². The summed E-state index contributed by atoms with van der Waals surface area (Å²) in [4.78, 5) is 64.8. The van der Waals surface area contributed by atoms with Gasteiger partial charge in [0.1, 0.15) is 18.1 Å². The number of carboxylic acid groups (broad SMARTS) is 1. The number of aliphatic carboxylic acids is 1. The number of para-hydroxylation sites is 1. The molecule has 0 bridgehead atoms. The zero-order chi connectivity index (χ0) is 27.0. The number of nitrogens with two attached hydrogens (primary N) is 2. The first-order valence-electron chi connectivity index (χ1n) is 11.7. The maximum absolute atomic E-state index is 13.3. The van der Waals surface area contributed by atoms with E-state index in [9.17, 15) is 29.1 Å². The summed E-state index contributed by atoms with van der Waals surface area (Å²) in [5, 5.41) is 17.8. The quantitative estimate of drug-likeness (QED) is 0.191. The van der Waals surface area contributed by atoms with Gasteiger partial charge in [0.25, 0.3) is 0 Å². The minimum Gasteiger partial charge on any atom is -0.480 e. The minimum absolute atomic E-state index is 0.0129. The lowest BCUT2D eigenvalue weighted by Crippen LogP contribution is -2.58. The Morgan fingerprint density at radius 1 is 0.972 bits per heavy atom. The Morgan fingerprint density at radius 2 is 1.58 bits per heavy atom. The monoisotopic (exact) mass is 502 g/mol. The molecule has 2 aromatic rings. The fourth-order valence-electron chi connectivity index (χ4n) is 3.65. The Morgan fingerprint density at radius 3 is 2.17 bits per heavy atom. The van der Waals surface area contributed by atoms with Gasteiger partial charge in [-0.3, -0.25) is 19.2 Å². The predicted octanol–water partition coefficient (Wildman–Crippen LogP) is -0.482. The van der Waals surface area contributed by atoms with E-state index in [0.29, 0.717) is 12.0 Å². The molecule has 5 atom stereocenters. The van der Waals surface area contributed by atoms with E-state index in [1.54, 1.807) is 20.0 Å². The van der Waals surface area contributed by atoms with Gasteiger partial charge in [-0.25, -0.2) is 4.79 Å². The van der Waals surface area contributed by atoms with Crippen molar-refractivity contribution in [1.82, 2.24) is 20.9 Å². The molecule has 0 saturated heterocycles. The van der Waals surface area contributed by atoms with Gasteiger partial charge in [-0.05, 0) is 24.5 Å². The Hall–Kier alpha value is -3.93. The van der Waals surface area contributed by atoms with Gasteiger partial charge in [0.15, 0.2) is 0 Å². The van der Waals surface area contributed by atoms with Crippen LogP contribution in [0.15, 0.2) is 30.5 Å². The number of carbonyl (C=O) groups excluding carboxylic acids is 4. The summed E-state index contributed by atoms with van der Waals surface area (Å²) in [5.41, 5.74) is 12.3. The molecule has 1 heterocycles. The highest BCUT2D eigenvalue weighted by atomic mass is 16.4. The van der Waals surface area contributed by atoms with Crippen molar-refractivity contribution in [3.8, 4) is 0 Å². The number of hydrogen-bond donors (Lipinski definition) is 7. The van der Waals surface area contributed by atoms with E-state index in [2.05, 4.69) is 20.9 Å². The molecule has 0 saturated carbocycles. The number of nitrogens with one attached hydrogen (secondary N) is 4. The first-order valence-corrected chi connectivity index (χ1v) is 11.7. The third-order valence-corrected chi connectivity index (χ3v) is 5.96. The Bertz CT molecular complexity index is 1110. The van der Waals surface area contributed by atoms with Crippen LogP contribution in [-0.2, 0) is 30.4 Å². The molecule has 0 aliphatic carbocycles. The molecule has 12 nitrogen and oxygen atoms in total. The predicted molar refractivity (Wildman–Crippen MR) is 132 cm³/mol. The van der Waals surface area contributed by atoms with Gasteiger partial charge in [0.05, 0.1) is 12.5 Å². The van der Waals surface area contributed by atoms with Crippen LogP contribution in [0.4, 0.5) is 0 Å². The van der Waals surface area contributed by atoms with E-state index in [1.165, 1.54) is 6.92 Å². The van der Waals surface area contributed by atoms with Crippen LogP contribution in [0, 0.1) is 5.92 Å². The molecule has 0 aliphatic rings. The topological polar surface area (TPSA) is 210 Å². The second kappa shape index (κ2) is 12.7. The number of amides is 4. The van der Waals surface area contributed by atoms with Crippen molar-refractivity contribution in [3.63, 3.8) is 0 Å². The molecule has 2 rings (SSSR count). The summed E-state index contributed by atoms with van der Waals surface area (Å²) < 4.78 is 0. The van der Waals surface area contributed by atoms with Gasteiger partial charge in [0.2, 0.25) is 23.6 Å². The summed E-state index contributed by atoms with van der Waals surface area (Å²) in [5.74, 6) is -4.66. The zero-order valence-corrected chi connectivity index (χ0v) is 20.5. The molecule has 12 heteroatoms. The largest absolute Gasteiger partial charge is 0.480 e. The summed E-state index contributed by atoms with van der Waals surface area (Å²) in [6, 6.07) is 2.64. The average Bonchev–Trinajstić information content (AvgIpc) is 3.23. The van der Waals surface area contributed by atoms with Crippen LogP contribution in [0.5, 0.6) is 0 Å². The van der Waals surface area contributed by atoms with Gasteiger partial charge in [-0.15, -0.1) is 0 Å². The van der Waals surface area contributed by atoms with Crippen molar-refractivity contribution >= 4 is 40.5 Å². The van der Waals surface area contributed by atoms with Crippen LogP contribution in [0.1, 0.15) is 39.2 Å². The van der Waals surface area contributed by atoms with E-state index < -0.39 is 60.2 Å². The van der Waals surface area contributed by atoms with E-state index in [0.717, 1.165) is 10.9 Å². The Kier molecular flexibility index (Phi) is 9.97. The summed E-state index contributed by atoms with van der Waals surface area (Å²) in [6.45, 7) is 4.90. The molecule has 5 unspecified atom stereocenters. The number of hydrogen-bond acceptors (Lipinski definition) is 6. The summed E-state index contributed by atoms with van der Waals surface area (Å²) >= 11 is 0. The normalized spacial score (nSPS) is 15.2. The van der Waals surface area contributed by atoms with Crippen molar-refractivity contribution in [2.24, 2.45) is 17.4 Å². The lowest BCUT2D eigenvalue weighted by molar-refractivity contribution is -0.144. The molecule has 1 aromatic carbocycles. The van der Waals surface area contributed by atoms with Crippen molar-refractivity contribution in [1.29, 1.82) is 0 Å². The van der Waals surface area contributed by atoms with E-state index in [1.807, 2.05) is 24.3 Å². The molecule has 196 valence electrons. The number of carbonyl (C=O) groups is 5. The SMILES string of the molecule is CCC(C)C(NC(=O)C(Cc1c[nH]c2ccccc12)NC(=O)C(CC(N)=O)NC(=O)C(C)N)C(=O)O. The maximum atomic E-state index is 13.3. The van der Waals surface area contributed by atoms with Gasteiger partial charge < -0.3 is 37.5 Å². The van der Waals surface area contributed by atoms with E-state index in [-0.39, 0.29) is 12.3 Å². The highest BCUT2D eigenvalue weighted by Crippen LogP contribution is 2.19. The molecular formula is C24H34N6O6. The first-order chi connectivity index (χ1) is 16.9. The van der Waals surface area contributed by atoms with Crippen molar-refractivity contribution in [2.45, 2.75) is 64.2 Å². The lowest BCUT2D eigenvalue weighted by atomic mass is 9.98. The van der Waals surface area contributed by atoms with Crippen LogP contribution in [0.3, 0.4) is 0 Å². The van der Waals surface area contributed by atoms with Gasteiger partial charge in [-0.2, -0.15) is 0 Å². The smallest absolute Gasteiger partial charge is 0.326 e. The molecule has 0 aliphatic heterocycles. The fourth-order valence-corrected chi connectivity index (χ4v) is 3.65. The number of carboxylic acids is 1. The lowest BCUT2D eigenvalue weighted by Gasteiger charge is -2.26. The number of aromatic nitrogens is 1. The molecule has 0 radical (unpaired) electrons. The van der Waals surface area contributed by atoms with Crippen molar-refractivity contribution < 1.29 is 29.1 Å². The van der Waals surface area contributed by atoms with Gasteiger partial charge >= 0.3 is 5.97 Å². The second-order valence-electron chi connectivity index (χ2n) is 8.86. The highest BCUT2D eigenvalue weighted by Gasteiger charge is 2.32.